The summed E-state index contributed by atoms with van der Waals surface area (Å²) in [6.07, 6.45) is -3.48. The lowest BCUT2D eigenvalue weighted by Crippen LogP contribution is -2.37. The van der Waals surface area contributed by atoms with Crippen molar-refractivity contribution in [2.75, 3.05) is 6.54 Å². The van der Waals surface area contributed by atoms with E-state index in [4.69, 9.17) is 16.6 Å². The maximum absolute atomic E-state index is 12.9. The van der Waals surface area contributed by atoms with Gasteiger partial charge in [-0.3, -0.25) is 9.78 Å². The Hall–Kier alpha value is -3.31. The van der Waals surface area contributed by atoms with E-state index in [1.165, 1.54) is 23.6 Å². The highest BCUT2D eigenvalue weighted by Gasteiger charge is 2.38. The smallest absolute Gasteiger partial charge is 0.351 e. The molecule has 1 aromatic carbocycles. The average molecular weight is 522 g/mol. The molecule has 7 nitrogen and oxygen atoms in total. The quantitative estimate of drug-likeness (QED) is 0.337. The molecule has 0 spiro atoms. The van der Waals surface area contributed by atoms with E-state index in [1.54, 1.807) is 19.1 Å². The number of alkyl halides is 3. The van der Waals surface area contributed by atoms with Crippen LogP contribution < -0.4 is 5.32 Å². The Morgan fingerprint density at radius 1 is 1.14 bits per heavy atom. The molecule has 0 saturated heterocycles. The molecule has 0 unspecified atom stereocenters. The topological polar surface area (TPSA) is 93.8 Å². The Morgan fingerprint density at radius 3 is 2.51 bits per heavy atom. The fourth-order valence-electron chi connectivity index (χ4n) is 3.15. The molecule has 182 valence electrons. The first-order valence-corrected chi connectivity index (χ1v) is 11.6. The van der Waals surface area contributed by atoms with Crippen molar-refractivity contribution in [1.29, 1.82) is 0 Å². The SMILES string of the molecule is Cc1ncc(-c2noc(C(F)(F)F)n2)cc1C(=O)NCC(C)(C)c1nc(-c2ccc(Cl)cc2)cs1. The summed E-state index contributed by atoms with van der Waals surface area (Å²) < 4.78 is 42.6. The van der Waals surface area contributed by atoms with Crippen LogP contribution in [0.15, 0.2) is 46.4 Å². The van der Waals surface area contributed by atoms with E-state index < -0.39 is 23.4 Å². The zero-order valence-electron chi connectivity index (χ0n) is 18.8. The third-order valence-corrected chi connectivity index (χ3v) is 6.63. The highest BCUT2D eigenvalue weighted by Crippen LogP contribution is 2.31. The summed E-state index contributed by atoms with van der Waals surface area (Å²) in [6.45, 7) is 5.80. The van der Waals surface area contributed by atoms with Crippen molar-refractivity contribution in [1.82, 2.24) is 25.4 Å². The van der Waals surface area contributed by atoms with Crippen LogP contribution in [0.3, 0.4) is 0 Å². The molecule has 4 aromatic rings. The van der Waals surface area contributed by atoms with Crippen LogP contribution in [-0.2, 0) is 11.6 Å². The fraction of sp³-hybridized carbons (Fsp3) is 0.261. The fourth-order valence-corrected chi connectivity index (χ4v) is 4.23. The monoisotopic (exact) mass is 521 g/mol. The van der Waals surface area contributed by atoms with Gasteiger partial charge in [0.1, 0.15) is 5.01 Å². The number of aromatic nitrogens is 4. The van der Waals surface area contributed by atoms with E-state index in [1.807, 2.05) is 31.4 Å². The van der Waals surface area contributed by atoms with Crippen molar-refractivity contribution >= 4 is 28.8 Å². The minimum atomic E-state index is -4.77. The minimum absolute atomic E-state index is 0.131. The number of amides is 1. The Balaban J connectivity index is 1.48. The number of hydrogen-bond acceptors (Lipinski definition) is 7. The van der Waals surface area contributed by atoms with Crippen LogP contribution in [0.4, 0.5) is 13.2 Å². The lowest BCUT2D eigenvalue weighted by atomic mass is 9.94. The van der Waals surface area contributed by atoms with E-state index in [0.29, 0.717) is 10.7 Å². The summed E-state index contributed by atoms with van der Waals surface area (Å²) >= 11 is 7.44. The van der Waals surface area contributed by atoms with Gasteiger partial charge in [0.05, 0.1) is 17.0 Å². The largest absolute Gasteiger partial charge is 0.471 e. The van der Waals surface area contributed by atoms with Gasteiger partial charge in [-0.1, -0.05) is 42.7 Å². The van der Waals surface area contributed by atoms with E-state index in [0.717, 1.165) is 16.3 Å². The molecular formula is C23H19ClF3N5O2S. The molecule has 1 amide bonds. The summed E-state index contributed by atoms with van der Waals surface area (Å²) in [4.78, 5) is 25.1. The molecule has 4 rings (SSSR count). The van der Waals surface area contributed by atoms with Gasteiger partial charge >= 0.3 is 12.1 Å². The third kappa shape index (κ3) is 5.51. The number of nitrogens with zero attached hydrogens (tertiary/aromatic N) is 4. The summed E-state index contributed by atoms with van der Waals surface area (Å²) in [5.74, 6) is -2.21. The normalized spacial score (nSPS) is 12.1. The molecule has 0 aliphatic carbocycles. The lowest BCUT2D eigenvalue weighted by Gasteiger charge is -2.22. The van der Waals surface area contributed by atoms with Crippen molar-refractivity contribution in [3.05, 3.63) is 69.1 Å². The molecule has 0 aliphatic rings. The number of hydrogen-bond donors (Lipinski definition) is 1. The van der Waals surface area contributed by atoms with Gasteiger partial charge in [-0.25, -0.2) is 4.98 Å². The Bertz CT molecular complexity index is 1370. The third-order valence-electron chi connectivity index (χ3n) is 5.17. The van der Waals surface area contributed by atoms with Crippen molar-refractivity contribution in [3.8, 4) is 22.6 Å². The number of aryl methyl sites for hydroxylation is 1. The predicted octanol–water partition coefficient (Wildman–Crippen LogP) is 5.94. The van der Waals surface area contributed by atoms with E-state index in [-0.39, 0.29) is 23.5 Å². The van der Waals surface area contributed by atoms with E-state index in [9.17, 15) is 18.0 Å². The number of carbonyl (C=O) groups is 1. The minimum Gasteiger partial charge on any atom is -0.351 e. The van der Waals surface area contributed by atoms with Crippen LogP contribution in [0, 0.1) is 6.92 Å². The number of nitrogens with one attached hydrogen (secondary N) is 1. The number of halogens is 4. The molecule has 3 heterocycles. The van der Waals surface area contributed by atoms with Gasteiger partial charge in [0.2, 0.25) is 5.82 Å². The average Bonchev–Trinajstić information content (AvgIpc) is 3.49. The van der Waals surface area contributed by atoms with Gasteiger partial charge in [-0.2, -0.15) is 18.2 Å². The van der Waals surface area contributed by atoms with Crippen LogP contribution in [0.1, 0.15) is 40.8 Å². The van der Waals surface area contributed by atoms with E-state index >= 15 is 0 Å². The first-order valence-electron chi connectivity index (χ1n) is 10.3. The van der Waals surface area contributed by atoms with Crippen LogP contribution in [0.25, 0.3) is 22.6 Å². The molecule has 0 radical (unpaired) electrons. The van der Waals surface area contributed by atoms with Gasteiger partial charge in [0.15, 0.2) is 0 Å². The van der Waals surface area contributed by atoms with Gasteiger partial charge in [0, 0.05) is 39.7 Å². The van der Waals surface area contributed by atoms with Gasteiger partial charge < -0.3 is 9.84 Å². The zero-order valence-corrected chi connectivity index (χ0v) is 20.3. The first-order chi connectivity index (χ1) is 16.4. The number of carbonyl (C=O) groups excluding carboxylic acids is 1. The Labute approximate surface area is 207 Å². The molecule has 1 N–H and O–H groups in total. The van der Waals surface area contributed by atoms with E-state index in [2.05, 4.69) is 25.0 Å². The second-order valence-corrected chi connectivity index (χ2v) is 9.68. The molecule has 0 bridgehead atoms. The molecule has 12 heteroatoms. The summed E-state index contributed by atoms with van der Waals surface area (Å²) in [5, 5.41) is 9.63. The first kappa shape index (κ1) is 24.8. The van der Waals surface area contributed by atoms with Crippen LogP contribution in [0.2, 0.25) is 5.02 Å². The Morgan fingerprint density at radius 2 is 1.86 bits per heavy atom. The maximum atomic E-state index is 12.9. The lowest BCUT2D eigenvalue weighted by molar-refractivity contribution is -0.159. The van der Waals surface area contributed by atoms with Crippen molar-refractivity contribution in [2.24, 2.45) is 0 Å². The second kappa shape index (κ2) is 9.38. The molecule has 3 aromatic heterocycles. The molecule has 0 fully saturated rings. The van der Waals surface area contributed by atoms with Gasteiger partial charge in [0.25, 0.3) is 5.91 Å². The highest BCUT2D eigenvalue weighted by atomic mass is 35.5. The van der Waals surface area contributed by atoms with Crippen LogP contribution in [-0.4, -0.2) is 32.6 Å². The number of thiazole rings is 1. The maximum Gasteiger partial charge on any atom is 0.471 e. The van der Waals surface area contributed by atoms with Gasteiger partial charge in [-0.05, 0) is 25.1 Å². The highest BCUT2D eigenvalue weighted by molar-refractivity contribution is 7.10. The van der Waals surface area contributed by atoms with Crippen LogP contribution in [0.5, 0.6) is 0 Å². The van der Waals surface area contributed by atoms with Crippen molar-refractivity contribution in [3.63, 3.8) is 0 Å². The number of rotatable bonds is 6. The second-order valence-electron chi connectivity index (χ2n) is 8.39. The molecule has 0 aliphatic heterocycles. The number of pyridine rings is 1. The molecule has 0 saturated carbocycles. The summed E-state index contributed by atoms with van der Waals surface area (Å²) in [7, 11) is 0. The van der Waals surface area contributed by atoms with Crippen LogP contribution >= 0.6 is 22.9 Å². The van der Waals surface area contributed by atoms with Gasteiger partial charge in [-0.15, -0.1) is 11.3 Å². The predicted molar refractivity (Wildman–Crippen MR) is 125 cm³/mol. The standard InChI is InChI=1S/C23H19ClF3N5O2S/c1-12-16(8-14(9-28-12)18-31-20(34-32-18)23(25,26)27)19(33)29-11-22(2,3)21-30-17(10-35-21)13-4-6-15(24)7-5-13/h4-10H,11H2,1-3H3,(H,29,33). The van der Waals surface area contributed by atoms with Crippen molar-refractivity contribution in [2.45, 2.75) is 32.4 Å². The zero-order chi connectivity index (χ0) is 25.4. The van der Waals surface area contributed by atoms with Crippen molar-refractivity contribution < 1.29 is 22.5 Å². The summed E-state index contributed by atoms with van der Waals surface area (Å²) in [5.41, 5.74) is 1.99. The Kier molecular flexibility index (Phi) is 6.65. The number of benzene rings is 1. The molecule has 35 heavy (non-hydrogen) atoms. The molecular weight excluding hydrogens is 503 g/mol. The molecule has 0 atom stereocenters. The summed E-state index contributed by atoms with van der Waals surface area (Å²) in [6, 6.07) is 8.76.